The van der Waals surface area contributed by atoms with E-state index in [0.29, 0.717) is 18.0 Å². The fourth-order valence-electron chi connectivity index (χ4n) is 1.94. The molecule has 0 unspecified atom stereocenters. The molecule has 0 saturated heterocycles. The highest BCUT2D eigenvalue weighted by Gasteiger charge is 2.10. The van der Waals surface area contributed by atoms with Crippen LogP contribution in [0.25, 0.3) is 0 Å². The Bertz CT molecular complexity index is 674. The number of hydrogen-bond acceptors (Lipinski definition) is 3. The quantitative estimate of drug-likeness (QED) is 0.911. The van der Waals surface area contributed by atoms with Gasteiger partial charge in [0.2, 0.25) is 0 Å². The highest BCUT2D eigenvalue weighted by atomic mass is 16.5. The van der Waals surface area contributed by atoms with E-state index < -0.39 is 6.09 Å². The highest BCUT2D eigenvalue weighted by molar-refractivity contribution is 5.89. The molecule has 2 N–H and O–H groups in total. The summed E-state index contributed by atoms with van der Waals surface area (Å²) in [7, 11) is 3.19. The van der Waals surface area contributed by atoms with Crippen molar-refractivity contribution in [3.63, 3.8) is 0 Å². The molecule has 0 radical (unpaired) electrons. The van der Waals surface area contributed by atoms with Crippen molar-refractivity contribution in [2.24, 2.45) is 0 Å². The second kappa shape index (κ2) is 7.84. The molecule has 0 spiro atoms. The fourth-order valence-corrected chi connectivity index (χ4v) is 1.94. The van der Waals surface area contributed by atoms with Crippen LogP contribution in [0.1, 0.15) is 5.56 Å². The summed E-state index contributed by atoms with van der Waals surface area (Å²) in [5.41, 5.74) is 1.60. The summed E-state index contributed by atoms with van der Waals surface area (Å²) in [6.07, 6.45) is -0.560. The van der Waals surface area contributed by atoms with E-state index in [2.05, 4.69) is 10.6 Å². The molecule has 0 fully saturated rings. The zero-order valence-electron chi connectivity index (χ0n) is 13.1. The molecule has 0 saturated carbocycles. The van der Waals surface area contributed by atoms with E-state index in [0.717, 1.165) is 5.56 Å². The van der Waals surface area contributed by atoms with E-state index in [-0.39, 0.29) is 6.03 Å². The van der Waals surface area contributed by atoms with Crippen LogP contribution in [0.15, 0.2) is 54.6 Å². The summed E-state index contributed by atoms with van der Waals surface area (Å²) in [6.45, 7) is 0.501. The second-order valence-electron chi connectivity index (χ2n) is 4.94. The van der Waals surface area contributed by atoms with Crippen LogP contribution in [0.4, 0.5) is 15.3 Å². The number of rotatable bonds is 4. The minimum absolute atomic E-state index is 0.244. The molecule has 2 aromatic rings. The van der Waals surface area contributed by atoms with E-state index in [9.17, 15) is 9.59 Å². The van der Waals surface area contributed by atoms with Crippen molar-refractivity contribution in [3.05, 3.63) is 60.2 Å². The molecule has 0 bridgehead atoms. The smallest absolute Gasteiger partial charge is 0.410 e. The Hall–Kier alpha value is -3.02. The Kier molecular flexibility index (Phi) is 5.57. The highest BCUT2D eigenvalue weighted by Crippen LogP contribution is 2.18. The predicted octanol–water partition coefficient (Wildman–Crippen LogP) is 3.07. The first-order chi connectivity index (χ1) is 11.1. The van der Waals surface area contributed by atoms with Crippen LogP contribution in [-0.2, 0) is 6.54 Å². The van der Waals surface area contributed by atoms with Gasteiger partial charge in [0.25, 0.3) is 0 Å². The molecule has 0 heterocycles. The van der Waals surface area contributed by atoms with Crippen LogP contribution < -0.4 is 15.4 Å². The molecule has 6 nitrogen and oxygen atoms in total. The molecule has 0 aliphatic heterocycles. The average molecular weight is 313 g/mol. The largest absolute Gasteiger partial charge is 0.412 e. The molecule has 120 valence electrons. The number of urea groups is 1. The summed E-state index contributed by atoms with van der Waals surface area (Å²) in [4.78, 5) is 25.0. The van der Waals surface area contributed by atoms with Crippen molar-refractivity contribution in [2.75, 3.05) is 19.4 Å². The van der Waals surface area contributed by atoms with Crippen molar-refractivity contribution >= 4 is 17.8 Å². The van der Waals surface area contributed by atoms with Crippen LogP contribution in [0.3, 0.4) is 0 Å². The number of ether oxygens (including phenoxy) is 1. The van der Waals surface area contributed by atoms with Gasteiger partial charge in [-0.1, -0.05) is 36.4 Å². The Morgan fingerprint density at radius 1 is 1.09 bits per heavy atom. The van der Waals surface area contributed by atoms with Gasteiger partial charge in [-0.25, -0.2) is 9.59 Å². The van der Waals surface area contributed by atoms with E-state index in [4.69, 9.17) is 4.74 Å². The molecular weight excluding hydrogens is 294 g/mol. The Morgan fingerprint density at radius 2 is 1.83 bits per heavy atom. The van der Waals surface area contributed by atoms with Gasteiger partial charge in [-0.3, -0.25) is 0 Å². The molecular formula is C17H19N3O3. The lowest BCUT2D eigenvalue weighted by molar-refractivity contribution is 0.203. The SMILES string of the molecule is CNC(=O)Oc1cccc(NC(=O)N(C)Cc2ccccc2)c1. The zero-order valence-corrected chi connectivity index (χ0v) is 13.1. The fraction of sp³-hybridized carbons (Fsp3) is 0.176. The lowest BCUT2D eigenvalue weighted by Crippen LogP contribution is -2.30. The van der Waals surface area contributed by atoms with Crippen molar-refractivity contribution in [3.8, 4) is 5.75 Å². The van der Waals surface area contributed by atoms with Gasteiger partial charge >= 0.3 is 12.1 Å². The van der Waals surface area contributed by atoms with Gasteiger partial charge in [-0.05, 0) is 17.7 Å². The van der Waals surface area contributed by atoms with E-state index in [1.54, 1.807) is 36.2 Å². The van der Waals surface area contributed by atoms with Gasteiger partial charge in [0.05, 0.1) is 0 Å². The van der Waals surface area contributed by atoms with Crippen LogP contribution in [0, 0.1) is 0 Å². The molecule has 0 aliphatic rings. The van der Waals surface area contributed by atoms with E-state index in [1.165, 1.54) is 7.05 Å². The van der Waals surface area contributed by atoms with Gasteiger partial charge in [0, 0.05) is 32.4 Å². The molecule has 3 amide bonds. The third-order valence-corrected chi connectivity index (χ3v) is 3.11. The number of nitrogens with zero attached hydrogens (tertiary/aromatic N) is 1. The molecule has 6 heteroatoms. The second-order valence-corrected chi connectivity index (χ2v) is 4.94. The van der Waals surface area contributed by atoms with Crippen LogP contribution in [-0.4, -0.2) is 31.1 Å². The van der Waals surface area contributed by atoms with Crippen LogP contribution >= 0.6 is 0 Å². The van der Waals surface area contributed by atoms with Crippen LogP contribution in [0.2, 0.25) is 0 Å². The summed E-state index contributed by atoms with van der Waals surface area (Å²) in [5, 5.41) is 5.13. The van der Waals surface area contributed by atoms with Gasteiger partial charge in [0.1, 0.15) is 5.75 Å². The predicted molar refractivity (Wildman–Crippen MR) is 88.5 cm³/mol. The first kappa shape index (κ1) is 16.4. The number of carbonyl (C=O) groups excluding carboxylic acids is 2. The zero-order chi connectivity index (χ0) is 16.7. The van der Waals surface area contributed by atoms with Crippen molar-refractivity contribution < 1.29 is 14.3 Å². The number of carbonyl (C=O) groups is 2. The number of nitrogens with one attached hydrogen (secondary N) is 2. The molecule has 2 rings (SSSR count). The summed E-state index contributed by atoms with van der Waals surface area (Å²) in [5.74, 6) is 0.355. The molecule has 0 atom stereocenters. The van der Waals surface area contributed by atoms with Crippen LogP contribution in [0.5, 0.6) is 5.75 Å². The van der Waals surface area contributed by atoms with Gasteiger partial charge in [0.15, 0.2) is 0 Å². The molecule has 23 heavy (non-hydrogen) atoms. The lowest BCUT2D eigenvalue weighted by atomic mass is 10.2. The normalized spacial score (nSPS) is 9.83. The molecule has 2 aromatic carbocycles. The first-order valence-corrected chi connectivity index (χ1v) is 7.14. The Balaban J connectivity index is 1.96. The molecule has 0 aromatic heterocycles. The number of amides is 3. The number of hydrogen-bond donors (Lipinski definition) is 2. The lowest BCUT2D eigenvalue weighted by Gasteiger charge is -2.18. The van der Waals surface area contributed by atoms with Gasteiger partial charge in [-0.15, -0.1) is 0 Å². The average Bonchev–Trinajstić information content (AvgIpc) is 2.56. The third-order valence-electron chi connectivity index (χ3n) is 3.11. The Labute approximate surface area is 135 Å². The Morgan fingerprint density at radius 3 is 2.52 bits per heavy atom. The monoisotopic (exact) mass is 313 g/mol. The summed E-state index contributed by atoms with van der Waals surface area (Å²) in [6, 6.07) is 16.1. The maximum Gasteiger partial charge on any atom is 0.412 e. The minimum Gasteiger partial charge on any atom is -0.410 e. The topological polar surface area (TPSA) is 70.7 Å². The maximum absolute atomic E-state index is 12.2. The van der Waals surface area contributed by atoms with Crippen molar-refractivity contribution in [1.29, 1.82) is 0 Å². The van der Waals surface area contributed by atoms with Gasteiger partial charge < -0.3 is 20.3 Å². The van der Waals surface area contributed by atoms with E-state index >= 15 is 0 Å². The standard InChI is InChI=1S/C17H19N3O3/c1-18-17(22)23-15-10-6-9-14(11-15)19-16(21)20(2)12-13-7-4-3-5-8-13/h3-11H,12H2,1-2H3,(H,18,22)(H,19,21). The number of benzene rings is 2. The first-order valence-electron chi connectivity index (χ1n) is 7.14. The maximum atomic E-state index is 12.2. The number of anilines is 1. The third kappa shape index (κ3) is 5.03. The van der Waals surface area contributed by atoms with Gasteiger partial charge in [-0.2, -0.15) is 0 Å². The summed E-state index contributed by atoms with van der Waals surface area (Å²) >= 11 is 0. The molecule has 0 aliphatic carbocycles. The van der Waals surface area contributed by atoms with Crippen molar-refractivity contribution in [2.45, 2.75) is 6.54 Å². The van der Waals surface area contributed by atoms with Crippen molar-refractivity contribution in [1.82, 2.24) is 10.2 Å². The van der Waals surface area contributed by atoms with E-state index in [1.807, 2.05) is 30.3 Å². The summed E-state index contributed by atoms with van der Waals surface area (Å²) < 4.78 is 5.03. The minimum atomic E-state index is -0.560.